The van der Waals surface area contributed by atoms with E-state index in [1.165, 1.54) is 6.92 Å². The van der Waals surface area contributed by atoms with E-state index >= 15 is 0 Å². The fourth-order valence-corrected chi connectivity index (χ4v) is 1.46. The molecular formula is C10H15N3O3. The number of amides is 1. The highest BCUT2D eigenvalue weighted by molar-refractivity contribution is 5.82. The molecule has 0 saturated carbocycles. The van der Waals surface area contributed by atoms with Crippen LogP contribution in [0.2, 0.25) is 0 Å². The Morgan fingerprint density at radius 3 is 2.81 bits per heavy atom. The highest BCUT2D eigenvalue weighted by Crippen LogP contribution is 2.04. The second-order valence-electron chi connectivity index (χ2n) is 3.47. The van der Waals surface area contributed by atoms with Crippen LogP contribution in [-0.4, -0.2) is 32.6 Å². The molecule has 0 bridgehead atoms. The van der Waals surface area contributed by atoms with E-state index in [0.717, 1.165) is 12.2 Å². The van der Waals surface area contributed by atoms with E-state index in [4.69, 9.17) is 5.11 Å². The minimum Gasteiger partial charge on any atom is -0.480 e. The van der Waals surface area contributed by atoms with Crippen LogP contribution in [-0.2, 0) is 22.6 Å². The lowest BCUT2D eigenvalue weighted by Gasteiger charge is -2.13. The summed E-state index contributed by atoms with van der Waals surface area (Å²) >= 11 is 0. The number of carboxylic acids is 1. The van der Waals surface area contributed by atoms with Crippen LogP contribution in [0, 0.1) is 0 Å². The zero-order valence-electron chi connectivity index (χ0n) is 9.30. The van der Waals surface area contributed by atoms with Crippen molar-refractivity contribution in [2.24, 2.45) is 0 Å². The van der Waals surface area contributed by atoms with Crippen molar-refractivity contribution >= 4 is 11.9 Å². The number of carbonyl (C=O) groups excluding carboxylic acids is 1. The van der Waals surface area contributed by atoms with Gasteiger partial charge in [-0.2, -0.15) is 0 Å². The monoisotopic (exact) mass is 225 g/mol. The highest BCUT2D eigenvalue weighted by atomic mass is 16.4. The number of hydrogen-bond donors (Lipinski definition) is 2. The summed E-state index contributed by atoms with van der Waals surface area (Å²) in [5.41, 5.74) is 0.795. The highest BCUT2D eigenvalue weighted by Gasteiger charge is 2.20. The average Bonchev–Trinajstić information content (AvgIpc) is 2.63. The molecule has 6 heteroatoms. The SMILES string of the molecule is CCn1cncc1CC(NC(C)=O)C(=O)O. The van der Waals surface area contributed by atoms with Crippen LogP contribution in [0.5, 0.6) is 0 Å². The Kier molecular flexibility index (Phi) is 4.04. The Bertz CT molecular complexity index is 386. The first-order chi connectivity index (χ1) is 7.54. The summed E-state index contributed by atoms with van der Waals surface area (Å²) in [5.74, 6) is -1.39. The molecule has 0 fully saturated rings. The molecule has 0 spiro atoms. The van der Waals surface area contributed by atoms with E-state index in [9.17, 15) is 9.59 Å². The Labute approximate surface area is 93.3 Å². The quantitative estimate of drug-likeness (QED) is 0.740. The van der Waals surface area contributed by atoms with Crippen molar-refractivity contribution < 1.29 is 14.7 Å². The van der Waals surface area contributed by atoms with E-state index in [0.29, 0.717) is 0 Å². The van der Waals surface area contributed by atoms with Gasteiger partial charge in [0.05, 0.1) is 6.33 Å². The predicted octanol–water partition coefficient (Wildman–Crippen LogP) is 0.0348. The molecular weight excluding hydrogens is 210 g/mol. The van der Waals surface area contributed by atoms with Crippen LogP contribution in [0.15, 0.2) is 12.5 Å². The first kappa shape index (κ1) is 12.2. The van der Waals surface area contributed by atoms with Crippen LogP contribution in [0.4, 0.5) is 0 Å². The van der Waals surface area contributed by atoms with Gasteiger partial charge in [0.2, 0.25) is 5.91 Å². The first-order valence-electron chi connectivity index (χ1n) is 5.03. The van der Waals surface area contributed by atoms with Gasteiger partial charge in [0.15, 0.2) is 0 Å². The summed E-state index contributed by atoms with van der Waals surface area (Å²) in [6.45, 7) is 3.97. The normalized spacial score (nSPS) is 12.1. The maximum absolute atomic E-state index is 10.9. The number of aryl methyl sites for hydroxylation is 1. The van der Waals surface area contributed by atoms with Gasteiger partial charge in [-0.25, -0.2) is 9.78 Å². The van der Waals surface area contributed by atoms with Gasteiger partial charge in [-0.05, 0) is 6.92 Å². The molecule has 1 aromatic heterocycles. The Hall–Kier alpha value is -1.85. The molecule has 0 saturated heterocycles. The van der Waals surface area contributed by atoms with Crippen LogP contribution in [0.25, 0.3) is 0 Å². The van der Waals surface area contributed by atoms with Gasteiger partial charge < -0.3 is 15.0 Å². The fraction of sp³-hybridized carbons (Fsp3) is 0.500. The van der Waals surface area contributed by atoms with Gasteiger partial charge in [-0.15, -0.1) is 0 Å². The largest absolute Gasteiger partial charge is 0.480 e. The Balaban J connectivity index is 2.75. The van der Waals surface area contributed by atoms with Crippen LogP contribution >= 0.6 is 0 Å². The zero-order valence-corrected chi connectivity index (χ0v) is 9.30. The number of carbonyl (C=O) groups is 2. The molecule has 0 aliphatic rings. The molecule has 6 nitrogen and oxygen atoms in total. The number of rotatable bonds is 5. The molecule has 0 aliphatic heterocycles. The minimum absolute atomic E-state index is 0.239. The Morgan fingerprint density at radius 1 is 1.62 bits per heavy atom. The second kappa shape index (κ2) is 5.29. The standard InChI is InChI=1S/C10H15N3O3/c1-3-13-6-11-5-8(13)4-9(10(15)16)12-7(2)14/h5-6,9H,3-4H2,1-2H3,(H,12,14)(H,15,16). The van der Waals surface area contributed by atoms with Gasteiger partial charge in [0, 0.05) is 31.8 Å². The van der Waals surface area contributed by atoms with Crippen LogP contribution in [0.1, 0.15) is 19.5 Å². The van der Waals surface area contributed by atoms with Gasteiger partial charge in [-0.3, -0.25) is 4.79 Å². The summed E-state index contributed by atoms with van der Waals surface area (Å²) in [5, 5.41) is 11.3. The fourth-order valence-electron chi connectivity index (χ4n) is 1.46. The summed E-state index contributed by atoms with van der Waals surface area (Å²) in [6, 6.07) is -0.903. The number of aromatic nitrogens is 2. The zero-order chi connectivity index (χ0) is 12.1. The van der Waals surface area contributed by atoms with E-state index in [2.05, 4.69) is 10.3 Å². The smallest absolute Gasteiger partial charge is 0.326 e. The number of nitrogens with zero attached hydrogens (tertiary/aromatic N) is 2. The maximum atomic E-state index is 10.9. The molecule has 1 aromatic rings. The lowest BCUT2D eigenvalue weighted by molar-refractivity contribution is -0.141. The van der Waals surface area contributed by atoms with Crippen molar-refractivity contribution in [1.29, 1.82) is 0 Å². The Morgan fingerprint density at radius 2 is 2.31 bits per heavy atom. The van der Waals surface area contributed by atoms with Crippen molar-refractivity contribution in [3.05, 3.63) is 18.2 Å². The molecule has 88 valence electrons. The topological polar surface area (TPSA) is 84.2 Å². The average molecular weight is 225 g/mol. The molecule has 1 heterocycles. The van der Waals surface area contributed by atoms with E-state index in [1.54, 1.807) is 12.5 Å². The minimum atomic E-state index is -1.04. The third-order valence-electron chi connectivity index (χ3n) is 2.23. The summed E-state index contributed by atoms with van der Waals surface area (Å²) in [6.07, 6.45) is 3.49. The van der Waals surface area contributed by atoms with Crippen molar-refractivity contribution in [3.63, 3.8) is 0 Å². The van der Waals surface area contributed by atoms with Gasteiger partial charge in [0.1, 0.15) is 6.04 Å². The molecule has 1 rings (SSSR count). The summed E-state index contributed by atoms with van der Waals surface area (Å²) in [4.78, 5) is 25.7. The third kappa shape index (κ3) is 3.08. The van der Waals surface area contributed by atoms with Crippen molar-refractivity contribution in [1.82, 2.24) is 14.9 Å². The molecule has 16 heavy (non-hydrogen) atoms. The molecule has 1 amide bonds. The first-order valence-corrected chi connectivity index (χ1v) is 5.03. The number of carboxylic acid groups (broad SMARTS) is 1. The molecule has 0 radical (unpaired) electrons. The van der Waals surface area contributed by atoms with Crippen molar-refractivity contribution in [2.45, 2.75) is 32.9 Å². The predicted molar refractivity (Wildman–Crippen MR) is 56.8 cm³/mol. The van der Waals surface area contributed by atoms with Crippen LogP contribution < -0.4 is 5.32 Å². The molecule has 1 atom stereocenters. The van der Waals surface area contributed by atoms with Gasteiger partial charge >= 0.3 is 5.97 Å². The van der Waals surface area contributed by atoms with Gasteiger partial charge in [-0.1, -0.05) is 0 Å². The molecule has 0 aliphatic carbocycles. The van der Waals surface area contributed by atoms with Crippen molar-refractivity contribution in [2.75, 3.05) is 0 Å². The lowest BCUT2D eigenvalue weighted by Crippen LogP contribution is -2.41. The number of imidazole rings is 1. The molecule has 0 aromatic carbocycles. The number of hydrogen-bond acceptors (Lipinski definition) is 3. The van der Waals surface area contributed by atoms with Crippen molar-refractivity contribution in [3.8, 4) is 0 Å². The second-order valence-corrected chi connectivity index (χ2v) is 3.47. The van der Waals surface area contributed by atoms with E-state index in [1.807, 2.05) is 11.5 Å². The summed E-state index contributed by atoms with van der Waals surface area (Å²) in [7, 11) is 0. The molecule has 1 unspecified atom stereocenters. The van der Waals surface area contributed by atoms with E-state index in [-0.39, 0.29) is 12.3 Å². The van der Waals surface area contributed by atoms with Gasteiger partial charge in [0.25, 0.3) is 0 Å². The van der Waals surface area contributed by atoms with E-state index < -0.39 is 12.0 Å². The number of nitrogens with one attached hydrogen (secondary N) is 1. The maximum Gasteiger partial charge on any atom is 0.326 e. The lowest BCUT2D eigenvalue weighted by atomic mass is 10.1. The number of aliphatic carboxylic acids is 1. The van der Waals surface area contributed by atoms with Crippen LogP contribution in [0.3, 0.4) is 0 Å². The third-order valence-corrected chi connectivity index (χ3v) is 2.23. The molecule has 2 N–H and O–H groups in total. The summed E-state index contributed by atoms with van der Waals surface area (Å²) < 4.78 is 1.84.